The predicted molar refractivity (Wildman–Crippen MR) is 120 cm³/mol. The standard InChI is InChI=1S/3C9H13.La/c3*1-9(2,3)8-6-4-5-7-8;/h3*4,6H,5H2,1-3H3;/q3*-1;+3. The molecule has 0 saturated carbocycles. The SMILES string of the molecule is CC(C)(C)C1=[C-]CC=C1.CC(C)(C)C1=[C-]CC=C1.CC(C)(C)C1=[C-]CC=C1.[La+3]. The summed E-state index contributed by atoms with van der Waals surface area (Å²) in [5, 5.41) is 0. The van der Waals surface area contributed by atoms with E-state index in [2.05, 4.69) is 117 Å². The van der Waals surface area contributed by atoms with Crippen LogP contribution in [0, 0.1) is 70.1 Å². The van der Waals surface area contributed by atoms with Crippen LogP contribution in [0.4, 0.5) is 0 Å². The summed E-state index contributed by atoms with van der Waals surface area (Å²) in [4.78, 5) is 0. The van der Waals surface area contributed by atoms with Crippen molar-refractivity contribution >= 4 is 0 Å². The molecule has 0 spiro atoms. The number of rotatable bonds is 0. The molecule has 3 aliphatic carbocycles. The molecular weight excluding hydrogens is 463 g/mol. The Bertz CT molecular complexity index is 561. The van der Waals surface area contributed by atoms with Gasteiger partial charge in [0, 0.05) is 0 Å². The Kier molecular flexibility index (Phi) is 11.6. The maximum absolute atomic E-state index is 3.30. The Balaban J connectivity index is 0.000000384. The van der Waals surface area contributed by atoms with Crippen LogP contribution in [0.2, 0.25) is 0 Å². The number of hydrogen-bond donors (Lipinski definition) is 0. The van der Waals surface area contributed by atoms with E-state index in [-0.39, 0.29) is 35.6 Å². The van der Waals surface area contributed by atoms with Crippen molar-refractivity contribution in [1.29, 1.82) is 0 Å². The van der Waals surface area contributed by atoms with Crippen LogP contribution in [0.25, 0.3) is 0 Å². The van der Waals surface area contributed by atoms with Crippen molar-refractivity contribution in [2.24, 2.45) is 16.2 Å². The van der Waals surface area contributed by atoms with Crippen molar-refractivity contribution in [3.05, 3.63) is 71.4 Å². The zero-order valence-corrected chi connectivity index (χ0v) is 23.3. The third-order valence-electron chi connectivity index (χ3n) is 4.51. The van der Waals surface area contributed by atoms with E-state index < -0.39 is 0 Å². The average Bonchev–Trinajstić information content (AvgIpc) is 3.28. The number of allylic oxidation sites excluding steroid dienone is 12. The molecule has 0 heterocycles. The molecule has 0 N–H and O–H groups in total. The van der Waals surface area contributed by atoms with Crippen molar-refractivity contribution < 1.29 is 35.6 Å². The smallest absolute Gasteiger partial charge is 0.269 e. The summed E-state index contributed by atoms with van der Waals surface area (Å²) >= 11 is 0. The van der Waals surface area contributed by atoms with Gasteiger partial charge in [0.1, 0.15) is 0 Å². The van der Waals surface area contributed by atoms with Crippen molar-refractivity contribution in [1.82, 2.24) is 0 Å². The molecule has 0 aromatic heterocycles. The predicted octanol–water partition coefficient (Wildman–Crippen LogP) is 8.17. The van der Waals surface area contributed by atoms with E-state index >= 15 is 0 Å². The van der Waals surface area contributed by atoms with Gasteiger partial charge in [-0.3, -0.25) is 18.2 Å². The first-order chi connectivity index (χ1) is 12.3. The van der Waals surface area contributed by atoms with Gasteiger partial charge >= 0.3 is 35.6 Å². The van der Waals surface area contributed by atoms with Crippen molar-refractivity contribution in [3.8, 4) is 0 Å². The fraction of sp³-hybridized carbons (Fsp3) is 0.556. The van der Waals surface area contributed by atoms with Crippen molar-refractivity contribution in [3.63, 3.8) is 0 Å². The zero-order valence-electron chi connectivity index (χ0n) is 19.7. The molecule has 3 aliphatic rings. The van der Waals surface area contributed by atoms with Gasteiger partial charge in [0.15, 0.2) is 0 Å². The Morgan fingerprint density at radius 2 is 0.714 bits per heavy atom. The maximum Gasteiger partial charge on any atom is 3.00 e. The Morgan fingerprint density at radius 3 is 0.786 bits per heavy atom. The maximum atomic E-state index is 3.30. The topological polar surface area (TPSA) is 0 Å². The van der Waals surface area contributed by atoms with Gasteiger partial charge < -0.3 is 0 Å². The molecule has 0 aliphatic heterocycles. The molecule has 28 heavy (non-hydrogen) atoms. The van der Waals surface area contributed by atoms with E-state index in [0.717, 1.165) is 19.3 Å². The normalized spacial score (nSPS) is 17.7. The second kappa shape index (κ2) is 11.7. The summed E-state index contributed by atoms with van der Waals surface area (Å²) in [6.07, 6.45) is 25.9. The molecule has 0 bridgehead atoms. The molecule has 3 rings (SSSR count). The van der Waals surface area contributed by atoms with Crippen LogP contribution in [0.15, 0.2) is 53.2 Å². The van der Waals surface area contributed by atoms with Gasteiger partial charge in [-0.05, 0) is 16.2 Å². The molecular formula is C27H39La. The summed E-state index contributed by atoms with van der Waals surface area (Å²) in [7, 11) is 0. The van der Waals surface area contributed by atoms with Gasteiger partial charge in [-0.15, -0.1) is 19.3 Å². The average molecular weight is 503 g/mol. The zero-order chi connectivity index (χ0) is 20.7. The molecule has 0 amide bonds. The molecule has 0 radical (unpaired) electrons. The van der Waals surface area contributed by atoms with E-state index in [1.165, 1.54) is 16.7 Å². The third kappa shape index (κ3) is 10.4. The molecule has 0 aromatic carbocycles. The summed E-state index contributed by atoms with van der Waals surface area (Å²) in [5.41, 5.74) is 4.94. The van der Waals surface area contributed by atoms with Gasteiger partial charge in [0.25, 0.3) is 0 Å². The largest absolute Gasteiger partial charge is 3.00 e. The molecule has 1 heteroatoms. The Labute approximate surface area is 203 Å². The molecule has 0 aromatic rings. The van der Waals surface area contributed by atoms with Crippen LogP contribution >= 0.6 is 0 Å². The molecule has 0 saturated heterocycles. The van der Waals surface area contributed by atoms with Crippen LogP contribution in [0.5, 0.6) is 0 Å². The van der Waals surface area contributed by atoms with Crippen LogP contribution in [0.1, 0.15) is 81.6 Å². The molecule has 0 fully saturated rings. The second-order valence-corrected chi connectivity index (χ2v) is 10.3. The van der Waals surface area contributed by atoms with E-state index in [1.54, 1.807) is 0 Å². The third-order valence-corrected chi connectivity index (χ3v) is 4.51. The monoisotopic (exact) mass is 502 g/mol. The van der Waals surface area contributed by atoms with Gasteiger partial charge in [0.05, 0.1) is 0 Å². The fourth-order valence-corrected chi connectivity index (χ4v) is 2.76. The Hall–Kier alpha value is -0.365. The van der Waals surface area contributed by atoms with Gasteiger partial charge in [-0.25, -0.2) is 34.9 Å². The minimum absolute atomic E-state index is 0. The Morgan fingerprint density at radius 1 is 0.500 bits per heavy atom. The molecule has 150 valence electrons. The van der Waals surface area contributed by atoms with Crippen LogP contribution < -0.4 is 0 Å². The van der Waals surface area contributed by atoms with E-state index in [0.29, 0.717) is 16.2 Å². The summed E-state index contributed by atoms with van der Waals surface area (Å²) < 4.78 is 0. The first kappa shape index (κ1) is 27.6. The summed E-state index contributed by atoms with van der Waals surface area (Å²) in [6, 6.07) is 0. The number of hydrogen-bond acceptors (Lipinski definition) is 0. The van der Waals surface area contributed by atoms with E-state index in [9.17, 15) is 0 Å². The fourth-order valence-electron chi connectivity index (χ4n) is 2.76. The summed E-state index contributed by atoms with van der Waals surface area (Å²) in [5.74, 6) is 0. The molecule has 0 unspecified atom stereocenters. The minimum atomic E-state index is 0. The molecule has 0 atom stereocenters. The first-order valence-corrected chi connectivity index (χ1v) is 10.2. The van der Waals surface area contributed by atoms with Gasteiger partial charge in [-0.2, -0.15) is 18.2 Å². The summed E-state index contributed by atoms with van der Waals surface area (Å²) in [6.45, 7) is 19.9. The van der Waals surface area contributed by atoms with Crippen molar-refractivity contribution in [2.75, 3.05) is 0 Å². The van der Waals surface area contributed by atoms with Gasteiger partial charge in [0.2, 0.25) is 0 Å². The van der Waals surface area contributed by atoms with Crippen LogP contribution in [-0.2, 0) is 0 Å². The van der Waals surface area contributed by atoms with Crippen LogP contribution in [-0.4, -0.2) is 0 Å². The van der Waals surface area contributed by atoms with E-state index in [4.69, 9.17) is 0 Å². The second-order valence-electron chi connectivity index (χ2n) is 10.3. The molecule has 0 nitrogen and oxygen atoms in total. The van der Waals surface area contributed by atoms with Gasteiger partial charge in [-0.1, -0.05) is 62.3 Å². The first-order valence-electron chi connectivity index (χ1n) is 10.2. The van der Waals surface area contributed by atoms with Crippen LogP contribution in [0.3, 0.4) is 0 Å². The van der Waals surface area contributed by atoms with E-state index in [1.807, 2.05) is 0 Å². The minimum Gasteiger partial charge on any atom is -0.269 e. The van der Waals surface area contributed by atoms with Crippen molar-refractivity contribution in [2.45, 2.75) is 81.6 Å². The quantitative estimate of drug-likeness (QED) is 0.293.